The summed E-state index contributed by atoms with van der Waals surface area (Å²) in [5.74, 6) is 0. The highest BCUT2D eigenvalue weighted by atomic mass is 32.3. The first-order valence-electron chi connectivity index (χ1n) is 3.97. The lowest BCUT2D eigenvalue weighted by molar-refractivity contribution is 0.137. The Morgan fingerprint density at radius 2 is 1.33 bits per heavy atom. The molecule has 0 aromatic heterocycles. The van der Waals surface area contributed by atoms with E-state index in [1.807, 2.05) is 40.2 Å². The standard InChI is InChI=1S/C8H22N2OS/c1-7(2,9)11-12(5,6)8(3,4)10/h9-10H2,1-6H3. The van der Waals surface area contributed by atoms with Crippen molar-refractivity contribution in [3.05, 3.63) is 0 Å². The van der Waals surface area contributed by atoms with Crippen molar-refractivity contribution in [1.29, 1.82) is 0 Å². The summed E-state index contributed by atoms with van der Waals surface area (Å²) in [6.45, 7) is 7.61. The number of nitrogens with two attached hydrogens (primary N) is 2. The van der Waals surface area contributed by atoms with E-state index in [2.05, 4.69) is 0 Å². The SMILES string of the molecule is CC(C)(N)OS(C)(C)C(C)(C)N. The molecular weight excluding hydrogens is 172 g/mol. The van der Waals surface area contributed by atoms with Crippen LogP contribution < -0.4 is 11.5 Å². The van der Waals surface area contributed by atoms with E-state index in [1.165, 1.54) is 0 Å². The normalized spacial score (nSPS) is 16.3. The predicted octanol–water partition coefficient (Wildman–Crippen LogP) is 1.37. The van der Waals surface area contributed by atoms with Crippen LogP contribution in [0.3, 0.4) is 0 Å². The average molecular weight is 194 g/mol. The zero-order chi connectivity index (χ0) is 10.2. The van der Waals surface area contributed by atoms with E-state index in [0.29, 0.717) is 0 Å². The maximum absolute atomic E-state index is 5.98. The minimum absolute atomic E-state index is 0.316. The Morgan fingerprint density at radius 3 is 1.42 bits per heavy atom. The van der Waals surface area contributed by atoms with Crippen LogP contribution in [0.5, 0.6) is 0 Å². The largest absolute Gasteiger partial charge is 0.317 e. The van der Waals surface area contributed by atoms with Gasteiger partial charge >= 0.3 is 0 Å². The Labute approximate surface area is 77.4 Å². The van der Waals surface area contributed by atoms with E-state index in [0.717, 1.165) is 0 Å². The summed E-state index contributed by atoms with van der Waals surface area (Å²) >= 11 is 0. The van der Waals surface area contributed by atoms with Gasteiger partial charge in [-0.1, -0.05) is 0 Å². The van der Waals surface area contributed by atoms with E-state index >= 15 is 0 Å². The molecule has 0 fully saturated rings. The van der Waals surface area contributed by atoms with Gasteiger partial charge in [0.15, 0.2) is 0 Å². The smallest absolute Gasteiger partial charge is 0.123 e. The topological polar surface area (TPSA) is 61.3 Å². The van der Waals surface area contributed by atoms with Crippen molar-refractivity contribution < 1.29 is 4.18 Å². The van der Waals surface area contributed by atoms with E-state index in [9.17, 15) is 0 Å². The van der Waals surface area contributed by atoms with Gasteiger partial charge in [0.1, 0.15) is 5.72 Å². The van der Waals surface area contributed by atoms with Crippen molar-refractivity contribution in [3.8, 4) is 0 Å². The third-order valence-electron chi connectivity index (χ3n) is 1.69. The quantitative estimate of drug-likeness (QED) is 0.667. The zero-order valence-electron chi connectivity index (χ0n) is 8.97. The lowest BCUT2D eigenvalue weighted by Crippen LogP contribution is -2.45. The molecule has 0 heterocycles. The van der Waals surface area contributed by atoms with Gasteiger partial charge < -0.3 is 15.7 Å². The number of rotatable bonds is 3. The van der Waals surface area contributed by atoms with Crippen LogP contribution in [0.4, 0.5) is 0 Å². The molecule has 76 valence electrons. The van der Waals surface area contributed by atoms with Crippen molar-refractivity contribution >= 4 is 10.3 Å². The highest BCUT2D eigenvalue weighted by Gasteiger charge is 2.33. The summed E-state index contributed by atoms with van der Waals surface area (Å²) in [5, 5.41) is 0. The molecule has 0 rings (SSSR count). The molecule has 0 radical (unpaired) electrons. The summed E-state index contributed by atoms with van der Waals surface area (Å²) in [4.78, 5) is -0.316. The van der Waals surface area contributed by atoms with Crippen LogP contribution in [0.25, 0.3) is 0 Å². The van der Waals surface area contributed by atoms with Crippen LogP contribution in [0, 0.1) is 0 Å². The van der Waals surface area contributed by atoms with Gasteiger partial charge in [0, 0.05) is 0 Å². The summed E-state index contributed by atoms with van der Waals surface area (Å²) in [5.41, 5.74) is 11.1. The maximum Gasteiger partial charge on any atom is 0.123 e. The zero-order valence-corrected chi connectivity index (χ0v) is 9.79. The number of hydrogen-bond acceptors (Lipinski definition) is 3. The van der Waals surface area contributed by atoms with Crippen LogP contribution >= 0.6 is 10.3 Å². The van der Waals surface area contributed by atoms with E-state index in [-0.39, 0.29) is 4.87 Å². The van der Waals surface area contributed by atoms with E-state index in [4.69, 9.17) is 15.7 Å². The molecule has 12 heavy (non-hydrogen) atoms. The van der Waals surface area contributed by atoms with Crippen LogP contribution in [-0.4, -0.2) is 23.1 Å². The fourth-order valence-corrected chi connectivity index (χ4v) is 1.93. The molecule has 4 N–H and O–H groups in total. The third-order valence-corrected chi connectivity index (χ3v) is 5.07. The molecule has 0 saturated carbocycles. The highest BCUT2D eigenvalue weighted by Crippen LogP contribution is 2.52. The first kappa shape index (κ1) is 12.2. The van der Waals surface area contributed by atoms with Crippen LogP contribution in [-0.2, 0) is 4.18 Å². The van der Waals surface area contributed by atoms with E-state index in [1.54, 1.807) is 0 Å². The molecule has 0 unspecified atom stereocenters. The molecule has 0 spiro atoms. The molecule has 0 bridgehead atoms. The highest BCUT2D eigenvalue weighted by molar-refractivity contribution is 8.29. The molecule has 0 aromatic rings. The van der Waals surface area contributed by atoms with Crippen LogP contribution in [0.15, 0.2) is 0 Å². The first-order chi connectivity index (χ1) is 4.96. The van der Waals surface area contributed by atoms with Crippen molar-refractivity contribution in [2.24, 2.45) is 11.5 Å². The third kappa shape index (κ3) is 3.76. The molecule has 0 atom stereocenters. The van der Waals surface area contributed by atoms with Gasteiger partial charge in [-0.15, -0.1) is 10.3 Å². The Hall–Kier alpha value is 0.230. The Morgan fingerprint density at radius 1 is 1.00 bits per heavy atom. The van der Waals surface area contributed by atoms with Crippen LogP contribution in [0.1, 0.15) is 27.7 Å². The minimum atomic E-state index is -1.30. The Balaban J connectivity index is 4.44. The fourth-order valence-electron chi connectivity index (χ4n) is 0.644. The van der Waals surface area contributed by atoms with Crippen molar-refractivity contribution in [3.63, 3.8) is 0 Å². The maximum atomic E-state index is 5.98. The summed E-state index contributed by atoms with van der Waals surface area (Å²) in [7, 11) is -1.30. The summed E-state index contributed by atoms with van der Waals surface area (Å²) in [6.07, 6.45) is 4.06. The first-order valence-corrected chi connectivity index (χ1v) is 6.34. The Bertz CT molecular complexity index is 155. The molecule has 0 aliphatic carbocycles. The molecule has 0 aliphatic heterocycles. The van der Waals surface area contributed by atoms with E-state index < -0.39 is 16.0 Å². The molecule has 3 nitrogen and oxygen atoms in total. The van der Waals surface area contributed by atoms with Gasteiger partial charge in [0.2, 0.25) is 0 Å². The second-order valence-electron chi connectivity index (χ2n) is 4.52. The lowest BCUT2D eigenvalue weighted by Gasteiger charge is -2.46. The van der Waals surface area contributed by atoms with Gasteiger partial charge in [-0.2, -0.15) is 0 Å². The summed E-state index contributed by atoms with van der Waals surface area (Å²) < 4.78 is 5.73. The van der Waals surface area contributed by atoms with Gasteiger partial charge in [-0.3, -0.25) is 0 Å². The van der Waals surface area contributed by atoms with Gasteiger partial charge in [-0.25, -0.2) is 0 Å². The second kappa shape index (κ2) is 3.18. The monoisotopic (exact) mass is 194 g/mol. The molecule has 0 aliphatic rings. The van der Waals surface area contributed by atoms with Crippen LogP contribution in [0.2, 0.25) is 0 Å². The van der Waals surface area contributed by atoms with Crippen molar-refractivity contribution in [2.75, 3.05) is 12.5 Å². The predicted molar refractivity (Wildman–Crippen MR) is 57.1 cm³/mol. The van der Waals surface area contributed by atoms with Crippen molar-refractivity contribution in [1.82, 2.24) is 0 Å². The van der Waals surface area contributed by atoms with Gasteiger partial charge in [0.05, 0.1) is 4.87 Å². The average Bonchev–Trinajstić information content (AvgIpc) is 1.52. The van der Waals surface area contributed by atoms with Crippen molar-refractivity contribution in [2.45, 2.75) is 38.3 Å². The summed E-state index contributed by atoms with van der Waals surface area (Å²) in [6, 6.07) is 0. The molecule has 0 amide bonds. The molecule has 0 saturated heterocycles. The minimum Gasteiger partial charge on any atom is -0.317 e. The molecule has 0 aromatic carbocycles. The number of hydrogen-bond donors (Lipinski definition) is 2. The lowest BCUT2D eigenvalue weighted by atomic mass is 10.4. The molecular formula is C8H22N2OS. The Kier molecular flexibility index (Phi) is 3.24. The van der Waals surface area contributed by atoms with Gasteiger partial charge in [0.25, 0.3) is 0 Å². The second-order valence-corrected chi connectivity index (χ2v) is 8.21. The fraction of sp³-hybridized carbons (Fsp3) is 1.00. The van der Waals surface area contributed by atoms with Gasteiger partial charge in [-0.05, 0) is 40.2 Å². The molecule has 4 heteroatoms.